The monoisotopic (exact) mass is 253 g/mol. The summed E-state index contributed by atoms with van der Waals surface area (Å²) in [6.07, 6.45) is 4.28. The Morgan fingerprint density at radius 2 is 2.22 bits per heavy atom. The van der Waals surface area contributed by atoms with Gasteiger partial charge in [0.25, 0.3) is 5.91 Å². The average Bonchev–Trinajstić information content (AvgIpc) is 2.34. The maximum Gasteiger partial charge on any atom is 0.252 e. The van der Waals surface area contributed by atoms with Crippen molar-refractivity contribution in [3.05, 3.63) is 29.8 Å². The van der Waals surface area contributed by atoms with E-state index in [1.807, 2.05) is 0 Å². The predicted molar refractivity (Wildman–Crippen MR) is 68.6 cm³/mol. The quantitative estimate of drug-likeness (QED) is 0.811. The molecule has 1 heterocycles. The Labute approximate surface area is 107 Å². The maximum atomic E-state index is 12.9. The normalized spacial score (nSPS) is 11.3. The van der Waals surface area contributed by atoms with E-state index in [-0.39, 0.29) is 16.9 Å². The van der Waals surface area contributed by atoms with Gasteiger partial charge in [-0.3, -0.25) is 9.78 Å². The third-order valence-corrected chi connectivity index (χ3v) is 2.75. The minimum atomic E-state index is -0.509. The van der Waals surface area contributed by atoms with Crippen LogP contribution in [0, 0.1) is 11.2 Å². The van der Waals surface area contributed by atoms with Gasteiger partial charge in [0.1, 0.15) is 5.82 Å². The molecule has 0 aliphatic carbocycles. The third kappa shape index (κ3) is 4.79. The molecule has 1 amide bonds. The van der Waals surface area contributed by atoms with Crippen LogP contribution in [0.1, 0.15) is 37.0 Å². The van der Waals surface area contributed by atoms with Gasteiger partial charge in [-0.05, 0) is 30.9 Å². The molecule has 0 spiro atoms. The van der Waals surface area contributed by atoms with Crippen molar-refractivity contribution >= 4 is 5.91 Å². The molecule has 100 valence electrons. The van der Waals surface area contributed by atoms with Crippen molar-refractivity contribution in [3.8, 4) is 0 Å². The number of hydrogen-bond donors (Lipinski definition) is 2. The fourth-order valence-electron chi connectivity index (χ4n) is 1.63. The zero-order valence-electron chi connectivity index (χ0n) is 10.9. The summed E-state index contributed by atoms with van der Waals surface area (Å²) in [5.74, 6) is -0.812. The molecule has 18 heavy (non-hydrogen) atoms. The highest BCUT2D eigenvalue weighted by molar-refractivity contribution is 5.93. The average molecular weight is 253 g/mol. The molecule has 1 rings (SSSR count). The van der Waals surface area contributed by atoms with E-state index in [1.54, 1.807) is 0 Å². The van der Waals surface area contributed by atoms with Gasteiger partial charge in [0, 0.05) is 12.7 Å². The molecule has 0 aliphatic heterocycles. The summed E-state index contributed by atoms with van der Waals surface area (Å²) in [7, 11) is 0. The van der Waals surface area contributed by atoms with Crippen LogP contribution in [0.2, 0.25) is 0 Å². The first-order valence-electron chi connectivity index (χ1n) is 6.03. The molecule has 0 saturated heterocycles. The Morgan fingerprint density at radius 3 is 2.83 bits per heavy atom. The van der Waals surface area contributed by atoms with Crippen LogP contribution in [0.15, 0.2) is 18.5 Å². The molecule has 0 fully saturated rings. The fourth-order valence-corrected chi connectivity index (χ4v) is 1.63. The van der Waals surface area contributed by atoms with Crippen LogP contribution in [0.4, 0.5) is 4.39 Å². The molecule has 0 unspecified atom stereocenters. The molecule has 3 N–H and O–H groups in total. The van der Waals surface area contributed by atoms with Crippen molar-refractivity contribution in [1.29, 1.82) is 0 Å². The van der Waals surface area contributed by atoms with Gasteiger partial charge >= 0.3 is 0 Å². The Balaban J connectivity index is 2.50. The SMILES string of the molecule is CC(C)(CCCN)CNC(=O)c1cncc(F)c1. The maximum absolute atomic E-state index is 12.9. The number of pyridine rings is 1. The van der Waals surface area contributed by atoms with Crippen LogP contribution < -0.4 is 11.1 Å². The van der Waals surface area contributed by atoms with E-state index >= 15 is 0 Å². The van der Waals surface area contributed by atoms with E-state index in [2.05, 4.69) is 24.1 Å². The molecule has 0 aliphatic rings. The van der Waals surface area contributed by atoms with Crippen LogP contribution in [-0.2, 0) is 0 Å². The number of rotatable bonds is 6. The van der Waals surface area contributed by atoms with Crippen molar-refractivity contribution in [1.82, 2.24) is 10.3 Å². The van der Waals surface area contributed by atoms with E-state index in [0.717, 1.165) is 19.0 Å². The zero-order valence-corrected chi connectivity index (χ0v) is 10.9. The second-order valence-electron chi connectivity index (χ2n) is 5.13. The van der Waals surface area contributed by atoms with Gasteiger partial charge in [-0.15, -0.1) is 0 Å². The van der Waals surface area contributed by atoms with Crippen LogP contribution in [0.5, 0.6) is 0 Å². The van der Waals surface area contributed by atoms with Gasteiger partial charge in [-0.2, -0.15) is 0 Å². The second kappa shape index (κ2) is 6.44. The van der Waals surface area contributed by atoms with Gasteiger partial charge in [0.15, 0.2) is 0 Å². The first-order chi connectivity index (χ1) is 8.44. The lowest BCUT2D eigenvalue weighted by molar-refractivity contribution is 0.0933. The van der Waals surface area contributed by atoms with Gasteiger partial charge < -0.3 is 11.1 Å². The minimum Gasteiger partial charge on any atom is -0.351 e. The van der Waals surface area contributed by atoms with Gasteiger partial charge in [0.05, 0.1) is 11.8 Å². The highest BCUT2D eigenvalue weighted by Crippen LogP contribution is 2.20. The molecule has 0 atom stereocenters. The van der Waals surface area contributed by atoms with Gasteiger partial charge in [-0.1, -0.05) is 13.8 Å². The highest BCUT2D eigenvalue weighted by atomic mass is 19.1. The smallest absolute Gasteiger partial charge is 0.252 e. The molecule has 0 saturated carbocycles. The molecule has 0 aromatic carbocycles. The van der Waals surface area contributed by atoms with Crippen LogP contribution >= 0.6 is 0 Å². The Morgan fingerprint density at radius 1 is 1.50 bits per heavy atom. The molecular formula is C13H20FN3O. The number of amides is 1. The van der Waals surface area contributed by atoms with E-state index in [9.17, 15) is 9.18 Å². The summed E-state index contributed by atoms with van der Waals surface area (Å²) in [6.45, 7) is 5.30. The van der Waals surface area contributed by atoms with Crippen molar-refractivity contribution in [2.45, 2.75) is 26.7 Å². The number of carbonyl (C=O) groups excluding carboxylic acids is 1. The van der Waals surface area contributed by atoms with E-state index < -0.39 is 5.82 Å². The molecule has 0 bridgehead atoms. The molecule has 0 radical (unpaired) electrons. The highest BCUT2D eigenvalue weighted by Gasteiger charge is 2.18. The number of hydrogen-bond acceptors (Lipinski definition) is 3. The van der Waals surface area contributed by atoms with Crippen molar-refractivity contribution in [3.63, 3.8) is 0 Å². The minimum absolute atomic E-state index is 0.0181. The Hall–Kier alpha value is -1.49. The van der Waals surface area contributed by atoms with E-state index in [1.165, 1.54) is 12.3 Å². The summed E-state index contributed by atoms with van der Waals surface area (Å²) in [5, 5.41) is 2.79. The standard InChI is InChI=1S/C13H20FN3O/c1-13(2,4-3-5-15)9-17-12(18)10-6-11(14)8-16-7-10/h6-8H,3-5,9,15H2,1-2H3,(H,17,18). The van der Waals surface area contributed by atoms with Crippen molar-refractivity contribution in [2.24, 2.45) is 11.1 Å². The number of nitrogens with two attached hydrogens (primary N) is 1. The first-order valence-corrected chi connectivity index (χ1v) is 6.03. The lowest BCUT2D eigenvalue weighted by Crippen LogP contribution is -2.34. The van der Waals surface area contributed by atoms with Crippen LogP contribution in [0.25, 0.3) is 0 Å². The molecule has 4 nitrogen and oxygen atoms in total. The van der Waals surface area contributed by atoms with Crippen LogP contribution in [0.3, 0.4) is 0 Å². The zero-order chi connectivity index (χ0) is 13.6. The summed E-state index contributed by atoms with van der Waals surface area (Å²) in [5.41, 5.74) is 5.68. The summed E-state index contributed by atoms with van der Waals surface area (Å²) in [4.78, 5) is 15.4. The largest absolute Gasteiger partial charge is 0.351 e. The Kier molecular flexibility index (Phi) is 5.22. The summed E-state index contributed by atoms with van der Waals surface area (Å²) < 4.78 is 12.9. The number of halogens is 1. The van der Waals surface area contributed by atoms with Crippen molar-refractivity contribution < 1.29 is 9.18 Å². The lowest BCUT2D eigenvalue weighted by atomic mass is 9.87. The second-order valence-corrected chi connectivity index (χ2v) is 5.13. The Bertz CT molecular complexity index is 407. The fraction of sp³-hybridized carbons (Fsp3) is 0.538. The van der Waals surface area contributed by atoms with Gasteiger partial charge in [0.2, 0.25) is 0 Å². The van der Waals surface area contributed by atoms with E-state index in [4.69, 9.17) is 5.73 Å². The summed E-state index contributed by atoms with van der Waals surface area (Å²) >= 11 is 0. The lowest BCUT2D eigenvalue weighted by Gasteiger charge is -2.24. The first kappa shape index (κ1) is 14.6. The predicted octanol–water partition coefficient (Wildman–Crippen LogP) is 1.72. The number of aromatic nitrogens is 1. The molecular weight excluding hydrogens is 233 g/mol. The number of nitrogens with one attached hydrogen (secondary N) is 1. The van der Waals surface area contributed by atoms with Crippen LogP contribution in [-0.4, -0.2) is 24.0 Å². The molecule has 1 aromatic rings. The van der Waals surface area contributed by atoms with E-state index in [0.29, 0.717) is 13.1 Å². The molecule has 1 aromatic heterocycles. The topological polar surface area (TPSA) is 68.0 Å². The van der Waals surface area contributed by atoms with Crippen molar-refractivity contribution in [2.75, 3.05) is 13.1 Å². The summed E-state index contributed by atoms with van der Waals surface area (Å²) in [6, 6.07) is 1.18. The third-order valence-electron chi connectivity index (χ3n) is 2.75. The van der Waals surface area contributed by atoms with Gasteiger partial charge in [-0.25, -0.2) is 4.39 Å². The number of nitrogens with zero attached hydrogens (tertiary/aromatic N) is 1. The number of carbonyl (C=O) groups is 1. The molecule has 5 heteroatoms.